The third-order valence-corrected chi connectivity index (χ3v) is 5.03. The third-order valence-electron chi connectivity index (χ3n) is 4.44. The molecule has 1 aliphatic heterocycles. The molecule has 0 saturated carbocycles. The molecule has 0 spiro atoms. The van der Waals surface area contributed by atoms with E-state index in [1.165, 1.54) is 12.8 Å². The summed E-state index contributed by atoms with van der Waals surface area (Å²) in [7, 11) is 2.12. The van der Waals surface area contributed by atoms with Crippen molar-refractivity contribution >= 4 is 23.2 Å². The molecule has 0 radical (unpaired) electrons. The van der Waals surface area contributed by atoms with E-state index in [0.29, 0.717) is 28.3 Å². The van der Waals surface area contributed by atoms with Crippen LogP contribution in [0.1, 0.15) is 19.8 Å². The van der Waals surface area contributed by atoms with Crippen molar-refractivity contribution in [1.29, 1.82) is 0 Å². The Morgan fingerprint density at radius 3 is 2.50 bits per heavy atom. The number of rotatable bonds is 8. The van der Waals surface area contributed by atoms with Gasteiger partial charge in [-0.25, -0.2) is 0 Å². The number of benzene rings is 1. The van der Waals surface area contributed by atoms with Crippen LogP contribution in [0.25, 0.3) is 0 Å². The van der Waals surface area contributed by atoms with E-state index in [9.17, 15) is 5.11 Å². The number of halogens is 2. The van der Waals surface area contributed by atoms with Crippen molar-refractivity contribution in [1.82, 2.24) is 9.80 Å². The molecule has 1 atom stereocenters. The predicted molar refractivity (Wildman–Crippen MR) is 100 cm³/mol. The molecule has 1 aromatic rings. The molecule has 1 saturated heterocycles. The lowest BCUT2D eigenvalue weighted by Crippen LogP contribution is -2.41. The normalized spacial score (nSPS) is 18.1. The maximum atomic E-state index is 9.46. The summed E-state index contributed by atoms with van der Waals surface area (Å²) in [5.41, 5.74) is 0. The molecule has 0 bridgehead atoms. The minimum absolute atomic E-state index is 0.238. The van der Waals surface area contributed by atoms with Gasteiger partial charge in [-0.15, -0.1) is 0 Å². The molecular formula is C18H28Cl2N2O2. The Balaban J connectivity index is 1.66. The van der Waals surface area contributed by atoms with Crippen molar-refractivity contribution in [3.05, 3.63) is 28.2 Å². The smallest absolute Gasteiger partial charge is 0.156 e. The quantitative estimate of drug-likeness (QED) is 0.756. The highest BCUT2D eigenvalue weighted by atomic mass is 35.5. The first-order valence-corrected chi connectivity index (χ1v) is 9.37. The molecule has 0 aromatic heterocycles. The average molecular weight is 375 g/mol. The number of ether oxygens (including phenoxy) is 1. The molecule has 1 fully saturated rings. The highest BCUT2D eigenvalue weighted by Gasteiger charge is 2.21. The first-order valence-electron chi connectivity index (χ1n) is 8.61. The van der Waals surface area contributed by atoms with E-state index < -0.39 is 0 Å². The molecule has 1 aromatic carbocycles. The van der Waals surface area contributed by atoms with Crippen LogP contribution >= 0.6 is 23.2 Å². The van der Waals surface area contributed by atoms with Crippen molar-refractivity contribution in [2.75, 3.05) is 46.4 Å². The second-order valence-corrected chi connectivity index (χ2v) is 7.57. The topological polar surface area (TPSA) is 35.9 Å². The number of hydrogen-bond donors (Lipinski definition) is 1. The summed E-state index contributed by atoms with van der Waals surface area (Å²) in [5.74, 6) is 1.28. The molecule has 6 heteroatoms. The van der Waals surface area contributed by atoms with Gasteiger partial charge >= 0.3 is 0 Å². The lowest BCUT2D eigenvalue weighted by Gasteiger charge is -2.34. The molecule has 2 rings (SSSR count). The number of likely N-dealkylation sites (N-methyl/N-ethyl adjacent to an activating group) is 1. The molecule has 1 heterocycles. The first-order chi connectivity index (χ1) is 11.5. The molecular weight excluding hydrogens is 347 g/mol. The van der Waals surface area contributed by atoms with Gasteiger partial charge in [0.05, 0.1) is 16.1 Å². The Morgan fingerprint density at radius 1 is 1.29 bits per heavy atom. The fraction of sp³-hybridized carbons (Fsp3) is 0.667. The fourth-order valence-electron chi connectivity index (χ4n) is 3.18. The summed E-state index contributed by atoms with van der Waals surface area (Å²) < 4.78 is 5.75. The number of hydrogen-bond acceptors (Lipinski definition) is 4. The Labute approximate surface area is 155 Å². The zero-order valence-corrected chi connectivity index (χ0v) is 16.1. The molecule has 4 nitrogen and oxygen atoms in total. The maximum Gasteiger partial charge on any atom is 0.156 e. The van der Waals surface area contributed by atoms with Gasteiger partial charge in [0.2, 0.25) is 0 Å². The van der Waals surface area contributed by atoms with Gasteiger partial charge in [-0.2, -0.15) is 0 Å². The number of piperidine rings is 1. The summed E-state index contributed by atoms with van der Waals surface area (Å²) in [4.78, 5) is 4.66. The number of aliphatic hydroxyl groups excluding tert-OH is 1. The minimum atomic E-state index is -0.238. The van der Waals surface area contributed by atoms with Gasteiger partial charge in [-0.3, -0.25) is 0 Å². The van der Waals surface area contributed by atoms with Crippen LogP contribution < -0.4 is 4.74 Å². The van der Waals surface area contributed by atoms with E-state index in [-0.39, 0.29) is 6.10 Å². The van der Waals surface area contributed by atoms with E-state index in [0.717, 1.165) is 32.7 Å². The Bertz CT molecular complexity index is 486. The first kappa shape index (κ1) is 19.8. The monoisotopic (exact) mass is 374 g/mol. The van der Waals surface area contributed by atoms with Crippen LogP contribution in [0.3, 0.4) is 0 Å². The number of para-hydroxylation sites is 1. The molecule has 1 unspecified atom stereocenters. The second-order valence-electron chi connectivity index (χ2n) is 6.75. The van der Waals surface area contributed by atoms with Gasteiger partial charge in [0.1, 0.15) is 6.61 Å². The summed E-state index contributed by atoms with van der Waals surface area (Å²) >= 11 is 12.2. The van der Waals surface area contributed by atoms with Crippen LogP contribution in [0.15, 0.2) is 18.2 Å². The van der Waals surface area contributed by atoms with Gasteiger partial charge in [-0.1, -0.05) is 29.3 Å². The molecule has 136 valence electrons. The van der Waals surface area contributed by atoms with Crippen molar-refractivity contribution < 1.29 is 9.84 Å². The Hall–Kier alpha value is -0.520. The number of β-amino-alcohol motifs (C(OH)–C–C–N with tert-alkyl or cyclic N) is 1. The molecule has 24 heavy (non-hydrogen) atoms. The number of aliphatic hydroxyl groups is 1. The molecule has 1 aliphatic rings. The molecule has 0 amide bonds. The van der Waals surface area contributed by atoms with Crippen LogP contribution in [-0.4, -0.2) is 67.4 Å². The SMILES string of the molecule is CC(O)CN1CCC(CN(C)CCOc2c(Cl)cccc2Cl)CC1. The van der Waals surface area contributed by atoms with Crippen LogP contribution in [0.5, 0.6) is 5.75 Å². The van der Waals surface area contributed by atoms with Gasteiger partial charge in [-0.05, 0) is 58.0 Å². The zero-order valence-electron chi connectivity index (χ0n) is 14.5. The Kier molecular flexibility index (Phi) is 8.11. The van der Waals surface area contributed by atoms with Crippen LogP contribution in [0.2, 0.25) is 10.0 Å². The van der Waals surface area contributed by atoms with E-state index in [2.05, 4.69) is 16.8 Å². The molecule has 1 N–H and O–H groups in total. The average Bonchev–Trinajstić information content (AvgIpc) is 2.52. The molecule has 0 aliphatic carbocycles. The van der Waals surface area contributed by atoms with Crippen LogP contribution in [-0.2, 0) is 0 Å². The van der Waals surface area contributed by atoms with E-state index >= 15 is 0 Å². The summed E-state index contributed by atoms with van der Waals surface area (Å²) in [6.45, 7) is 7.28. The lowest BCUT2D eigenvalue weighted by atomic mass is 9.96. The number of nitrogens with zero attached hydrogens (tertiary/aromatic N) is 2. The number of likely N-dealkylation sites (tertiary alicyclic amines) is 1. The Morgan fingerprint density at radius 2 is 1.92 bits per heavy atom. The fourth-order valence-corrected chi connectivity index (χ4v) is 3.69. The largest absolute Gasteiger partial charge is 0.489 e. The third kappa shape index (κ3) is 6.41. The van der Waals surface area contributed by atoms with E-state index in [1.807, 2.05) is 13.0 Å². The van der Waals surface area contributed by atoms with E-state index in [1.54, 1.807) is 12.1 Å². The second kappa shape index (κ2) is 9.83. The maximum absolute atomic E-state index is 9.46. The summed E-state index contributed by atoms with van der Waals surface area (Å²) in [6, 6.07) is 5.38. The highest BCUT2D eigenvalue weighted by Crippen LogP contribution is 2.32. The van der Waals surface area contributed by atoms with Crippen LogP contribution in [0.4, 0.5) is 0 Å². The van der Waals surface area contributed by atoms with Crippen molar-refractivity contribution in [3.8, 4) is 5.75 Å². The standard InChI is InChI=1S/C18H28Cl2N2O2/c1-14(23)12-22-8-6-15(7-9-22)13-21(2)10-11-24-18-16(19)4-3-5-17(18)20/h3-5,14-15,23H,6-13H2,1-2H3. The lowest BCUT2D eigenvalue weighted by molar-refractivity contribution is 0.0910. The zero-order chi connectivity index (χ0) is 17.5. The van der Waals surface area contributed by atoms with Crippen molar-refractivity contribution in [2.45, 2.75) is 25.9 Å². The highest BCUT2D eigenvalue weighted by molar-refractivity contribution is 6.37. The van der Waals surface area contributed by atoms with E-state index in [4.69, 9.17) is 27.9 Å². The van der Waals surface area contributed by atoms with Crippen molar-refractivity contribution in [2.24, 2.45) is 5.92 Å². The summed E-state index contributed by atoms with van der Waals surface area (Å²) in [5, 5.41) is 10.6. The van der Waals surface area contributed by atoms with Gasteiger partial charge in [0, 0.05) is 19.6 Å². The van der Waals surface area contributed by atoms with Gasteiger partial charge < -0.3 is 19.6 Å². The van der Waals surface area contributed by atoms with Crippen LogP contribution in [0, 0.1) is 5.92 Å². The predicted octanol–water partition coefficient (Wildman–Crippen LogP) is 3.40. The summed E-state index contributed by atoms with van der Waals surface area (Å²) in [6.07, 6.45) is 2.14. The van der Waals surface area contributed by atoms with Gasteiger partial charge in [0.15, 0.2) is 5.75 Å². The minimum Gasteiger partial charge on any atom is -0.489 e. The van der Waals surface area contributed by atoms with Crippen molar-refractivity contribution in [3.63, 3.8) is 0 Å². The van der Waals surface area contributed by atoms with Gasteiger partial charge in [0.25, 0.3) is 0 Å².